The summed E-state index contributed by atoms with van der Waals surface area (Å²) in [6.45, 7) is 6.65. The minimum Gasteiger partial charge on any atom is -0.376 e. The van der Waals surface area contributed by atoms with Crippen LogP contribution in [0.1, 0.15) is 17.5 Å². The quantitative estimate of drug-likeness (QED) is 0.835. The van der Waals surface area contributed by atoms with Gasteiger partial charge in [0.05, 0.1) is 12.7 Å². The zero-order valence-electron chi connectivity index (χ0n) is 9.61. The summed E-state index contributed by atoms with van der Waals surface area (Å²) in [5.41, 5.74) is 2.61. The van der Waals surface area contributed by atoms with Crippen molar-refractivity contribution in [1.29, 1.82) is 0 Å². The number of morpholine rings is 1. The fraction of sp³-hybridized carbons (Fsp3) is 0.429. The van der Waals surface area contributed by atoms with Crippen LogP contribution in [0.3, 0.4) is 0 Å². The van der Waals surface area contributed by atoms with Gasteiger partial charge in [-0.3, -0.25) is 0 Å². The molecule has 1 fully saturated rings. The normalized spacial score (nSPS) is 20.6. The molecule has 2 rings (SSSR count). The second-order valence-electron chi connectivity index (χ2n) is 4.14. The second kappa shape index (κ2) is 5.83. The van der Waals surface area contributed by atoms with Crippen LogP contribution in [0.15, 0.2) is 30.8 Å². The van der Waals surface area contributed by atoms with Gasteiger partial charge in [0, 0.05) is 13.1 Å². The summed E-state index contributed by atoms with van der Waals surface area (Å²) in [7, 11) is 0. The molecule has 1 heterocycles. The fourth-order valence-corrected chi connectivity index (χ4v) is 2.08. The van der Waals surface area contributed by atoms with Gasteiger partial charge >= 0.3 is 0 Å². The van der Waals surface area contributed by atoms with Gasteiger partial charge in [-0.2, -0.15) is 0 Å². The summed E-state index contributed by atoms with van der Waals surface area (Å²) in [6.07, 6.45) is 4.44. The Hall–Kier alpha value is -1.12. The molecule has 1 aliphatic rings. The second-order valence-corrected chi connectivity index (χ2v) is 4.14. The van der Waals surface area contributed by atoms with Gasteiger partial charge in [-0.25, -0.2) is 0 Å². The molecule has 0 aliphatic carbocycles. The van der Waals surface area contributed by atoms with Gasteiger partial charge in [0.1, 0.15) is 0 Å². The van der Waals surface area contributed by atoms with Crippen LogP contribution in [-0.4, -0.2) is 25.8 Å². The van der Waals surface area contributed by atoms with Crippen LogP contribution in [-0.2, 0) is 11.2 Å². The van der Waals surface area contributed by atoms with Crippen molar-refractivity contribution in [2.24, 2.45) is 0 Å². The van der Waals surface area contributed by atoms with Crippen molar-refractivity contribution in [2.75, 3.05) is 19.7 Å². The van der Waals surface area contributed by atoms with E-state index in [1.807, 2.05) is 6.08 Å². The molecule has 0 spiro atoms. The van der Waals surface area contributed by atoms with E-state index < -0.39 is 0 Å². The molecule has 1 aliphatic heterocycles. The van der Waals surface area contributed by atoms with E-state index in [2.05, 4.69) is 36.2 Å². The molecule has 0 radical (unpaired) electrons. The van der Waals surface area contributed by atoms with Crippen LogP contribution in [0, 0.1) is 0 Å². The number of nitrogens with one attached hydrogen (secondary N) is 1. The monoisotopic (exact) mass is 217 g/mol. The lowest BCUT2D eigenvalue weighted by Crippen LogP contribution is -2.38. The van der Waals surface area contributed by atoms with E-state index in [9.17, 15) is 0 Å². The molecule has 1 aromatic rings. The van der Waals surface area contributed by atoms with Crippen molar-refractivity contribution >= 4 is 6.08 Å². The van der Waals surface area contributed by atoms with Gasteiger partial charge in [0.25, 0.3) is 0 Å². The van der Waals surface area contributed by atoms with E-state index in [1.165, 1.54) is 11.1 Å². The summed E-state index contributed by atoms with van der Waals surface area (Å²) in [6, 6.07) is 8.43. The minimum atomic E-state index is 0.367. The molecular weight excluding hydrogens is 198 g/mol. The van der Waals surface area contributed by atoms with E-state index in [0.29, 0.717) is 6.10 Å². The number of hydrogen-bond donors (Lipinski definition) is 1. The molecular formula is C14H19NO. The van der Waals surface area contributed by atoms with Crippen molar-refractivity contribution in [3.8, 4) is 0 Å². The molecule has 16 heavy (non-hydrogen) atoms. The van der Waals surface area contributed by atoms with Crippen molar-refractivity contribution in [3.05, 3.63) is 42.0 Å². The van der Waals surface area contributed by atoms with Gasteiger partial charge in [0.15, 0.2) is 0 Å². The molecule has 2 nitrogen and oxygen atoms in total. The highest BCUT2D eigenvalue weighted by Crippen LogP contribution is 2.14. The third-order valence-corrected chi connectivity index (χ3v) is 3.02. The van der Waals surface area contributed by atoms with Crippen molar-refractivity contribution in [1.82, 2.24) is 5.32 Å². The molecule has 1 aromatic carbocycles. The largest absolute Gasteiger partial charge is 0.376 e. The maximum Gasteiger partial charge on any atom is 0.0703 e. The highest BCUT2D eigenvalue weighted by molar-refractivity contribution is 5.51. The highest BCUT2D eigenvalue weighted by Gasteiger charge is 2.13. The van der Waals surface area contributed by atoms with Gasteiger partial charge in [0.2, 0.25) is 0 Å². The lowest BCUT2D eigenvalue weighted by atomic mass is 10.0. The Kier molecular flexibility index (Phi) is 4.14. The Labute approximate surface area is 97.3 Å². The van der Waals surface area contributed by atoms with Crippen LogP contribution >= 0.6 is 0 Å². The van der Waals surface area contributed by atoms with E-state index in [0.717, 1.165) is 32.5 Å². The average Bonchev–Trinajstić information content (AvgIpc) is 2.38. The first-order chi connectivity index (χ1) is 7.90. The number of ether oxygens (including phenoxy) is 1. The summed E-state index contributed by atoms with van der Waals surface area (Å²) in [5, 5.41) is 3.35. The summed E-state index contributed by atoms with van der Waals surface area (Å²) < 4.78 is 5.68. The molecule has 1 atom stereocenters. The van der Waals surface area contributed by atoms with Crippen molar-refractivity contribution < 1.29 is 4.74 Å². The number of rotatable bonds is 4. The number of hydrogen-bond acceptors (Lipinski definition) is 2. The first-order valence-electron chi connectivity index (χ1n) is 5.93. The Balaban J connectivity index is 1.90. The Morgan fingerprint density at radius 3 is 3.06 bits per heavy atom. The highest BCUT2D eigenvalue weighted by atomic mass is 16.5. The third-order valence-electron chi connectivity index (χ3n) is 3.02. The fourth-order valence-electron chi connectivity index (χ4n) is 2.08. The topological polar surface area (TPSA) is 21.3 Å². The predicted octanol–water partition coefficient (Wildman–Crippen LogP) is 2.25. The maximum atomic E-state index is 5.68. The molecule has 1 saturated heterocycles. The SMILES string of the molecule is C=Cc1ccccc1CCC1CNCCO1. The molecule has 0 amide bonds. The Bertz CT molecular complexity index is 342. The van der Waals surface area contributed by atoms with Crippen LogP contribution in [0.2, 0.25) is 0 Å². The molecule has 0 saturated carbocycles. The summed E-state index contributed by atoms with van der Waals surface area (Å²) in [5.74, 6) is 0. The molecule has 0 bridgehead atoms. The first kappa shape index (κ1) is 11.4. The Morgan fingerprint density at radius 1 is 1.44 bits per heavy atom. The lowest BCUT2D eigenvalue weighted by molar-refractivity contribution is 0.0238. The first-order valence-corrected chi connectivity index (χ1v) is 5.93. The maximum absolute atomic E-state index is 5.68. The molecule has 0 aromatic heterocycles. The van der Waals surface area contributed by atoms with Crippen LogP contribution < -0.4 is 5.32 Å². The van der Waals surface area contributed by atoms with Gasteiger partial charge in [-0.1, -0.05) is 36.9 Å². The molecule has 86 valence electrons. The van der Waals surface area contributed by atoms with Crippen LogP contribution in [0.5, 0.6) is 0 Å². The summed E-state index contributed by atoms with van der Waals surface area (Å²) in [4.78, 5) is 0. The third kappa shape index (κ3) is 2.94. The predicted molar refractivity (Wildman–Crippen MR) is 67.5 cm³/mol. The summed E-state index contributed by atoms with van der Waals surface area (Å²) >= 11 is 0. The molecule has 2 heteroatoms. The number of aryl methyl sites for hydroxylation is 1. The van der Waals surface area contributed by atoms with Crippen LogP contribution in [0.4, 0.5) is 0 Å². The number of benzene rings is 1. The zero-order valence-corrected chi connectivity index (χ0v) is 9.61. The van der Waals surface area contributed by atoms with Crippen LogP contribution in [0.25, 0.3) is 6.08 Å². The average molecular weight is 217 g/mol. The van der Waals surface area contributed by atoms with Gasteiger partial charge < -0.3 is 10.1 Å². The van der Waals surface area contributed by atoms with Crippen molar-refractivity contribution in [2.45, 2.75) is 18.9 Å². The van der Waals surface area contributed by atoms with Crippen molar-refractivity contribution in [3.63, 3.8) is 0 Å². The smallest absolute Gasteiger partial charge is 0.0703 e. The van der Waals surface area contributed by atoms with E-state index in [-0.39, 0.29) is 0 Å². The standard InChI is InChI=1S/C14H19NO/c1-2-12-5-3-4-6-13(12)7-8-14-11-15-9-10-16-14/h2-6,14-15H,1,7-11H2. The van der Waals surface area contributed by atoms with E-state index >= 15 is 0 Å². The lowest BCUT2D eigenvalue weighted by Gasteiger charge is -2.23. The van der Waals surface area contributed by atoms with E-state index in [4.69, 9.17) is 4.74 Å². The molecule has 1 N–H and O–H groups in total. The van der Waals surface area contributed by atoms with E-state index in [1.54, 1.807) is 0 Å². The Morgan fingerprint density at radius 2 is 2.31 bits per heavy atom. The zero-order chi connectivity index (χ0) is 11.2. The minimum absolute atomic E-state index is 0.367. The van der Waals surface area contributed by atoms with Gasteiger partial charge in [-0.05, 0) is 24.0 Å². The van der Waals surface area contributed by atoms with Gasteiger partial charge in [-0.15, -0.1) is 0 Å². The molecule has 1 unspecified atom stereocenters.